The summed E-state index contributed by atoms with van der Waals surface area (Å²) in [6.07, 6.45) is 9.86. The number of hydrogen-bond acceptors (Lipinski definition) is 2. The molecule has 0 saturated heterocycles. The Morgan fingerprint density at radius 2 is 1.47 bits per heavy atom. The van der Waals surface area contributed by atoms with Gasteiger partial charge >= 0.3 is 0 Å². The molecule has 0 unspecified atom stereocenters. The van der Waals surface area contributed by atoms with Crippen LogP contribution < -0.4 is 0 Å². The van der Waals surface area contributed by atoms with Crippen LogP contribution in [-0.2, 0) is 25.8 Å². The summed E-state index contributed by atoms with van der Waals surface area (Å²) >= 11 is 5.72. The smallest absolute Gasteiger partial charge is 0.162 e. The van der Waals surface area contributed by atoms with Crippen LogP contribution in [0, 0.1) is 5.92 Å². The van der Waals surface area contributed by atoms with E-state index in [4.69, 9.17) is 11.6 Å². The van der Waals surface area contributed by atoms with E-state index in [2.05, 4.69) is 80.3 Å². The second-order valence-corrected chi connectivity index (χ2v) is 11.1. The van der Waals surface area contributed by atoms with Gasteiger partial charge in [0.15, 0.2) is 5.78 Å². The van der Waals surface area contributed by atoms with Gasteiger partial charge in [0.2, 0.25) is 0 Å². The lowest BCUT2D eigenvalue weighted by Gasteiger charge is -2.19. The van der Waals surface area contributed by atoms with Crippen molar-refractivity contribution in [3.05, 3.63) is 106 Å². The van der Waals surface area contributed by atoms with Crippen molar-refractivity contribution in [2.45, 2.75) is 85.1 Å². The number of aryl methyl sites for hydroxylation is 1. The molecule has 3 aromatic carbocycles. The van der Waals surface area contributed by atoms with Gasteiger partial charge in [-0.2, -0.15) is 0 Å². The number of carbonyl (C=O) groups is 1. The number of Topliss-reactive ketones (excluding diaryl/α,β-unsaturated/α-hetero) is 1. The molecular weight excluding hydrogens is 486 g/mol. The van der Waals surface area contributed by atoms with Crippen LogP contribution in [0.3, 0.4) is 0 Å². The average molecular weight is 532 g/mol. The number of ketones is 1. The van der Waals surface area contributed by atoms with Crippen molar-refractivity contribution in [2.75, 3.05) is 13.1 Å². The summed E-state index contributed by atoms with van der Waals surface area (Å²) in [5, 5.41) is 0.828. The summed E-state index contributed by atoms with van der Waals surface area (Å²) in [7, 11) is 0. The summed E-state index contributed by atoms with van der Waals surface area (Å²) in [6, 6.07) is 25.1. The largest absolute Gasteiger partial charge is 0.298 e. The summed E-state index contributed by atoms with van der Waals surface area (Å²) in [5.74, 6) is 1.04. The third kappa shape index (κ3) is 10.0. The molecule has 0 atom stereocenters. The predicted octanol–water partition coefficient (Wildman–Crippen LogP) is 9.37. The fraction of sp³-hybridized carbons (Fsp3) is 0.457. The van der Waals surface area contributed by atoms with Crippen LogP contribution in [0.2, 0.25) is 5.02 Å². The molecule has 0 radical (unpaired) electrons. The van der Waals surface area contributed by atoms with Crippen molar-refractivity contribution in [1.29, 1.82) is 0 Å². The Hall–Kier alpha value is -2.42. The molecule has 0 saturated carbocycles. The molecule has 0 fully saturated rings. The van der Waals surface area contributed by atoms with Gasteiger partial charge in [0.1, 0.15) is 0 Å². The second kappa shape index (κ2) is 16.5. The topological polar surface area (TPSA) is 20.3 Å². The Morgan fingerprint density at radius 1 is 0.789 bits per heavy atom. The molecule has 1 aliphatic rings. The molecule has 204 valence electrons. The lowest BCUT2D eigenvalue weighted by atomic mass is 9.90. The second-order valence-electron chi connectivity index (χ2n) is 10.6. The zero-order valence-corrected chi connectivity index (χ0v) is 24.5. The van der Waals surface area contributed by atoms with E-state index in [1.165, 1.54) is 47.9 Å². The summed E-state index contributed by atoms with van der Waals surface area (Å²) in [5.41, 5.74) is 6.40. The Morgan fingerprint density at radius 3 is 2.11 bits per heavy atom. The molecule has 0 aromatic heterocycles. The Kier molecular flexibility index (Phi) is 13.1. The number of fused-ring (bicyclic) bond motifs is 1. The summed E-state index contributed by atoms with van der Waals surface area (Å²) in [6.45, 7) is 9.78. The van der Waals surface area contributed by atoms with Crippen LogP contribution >= 0.6 is 11.6 Å². The monoisotopic (exact) mass is 531 g/mol. The maximum absolute atomic E-state index is 12.8. The summed E-state index contributed by atoms with van der Waals surface area (Å²) < 4.78 is 0. The molecule has 3 heteroatoms. The maximum atomic E-state index is 12.8. The van der Waals surface area contributed by atoms with Crippen molar-refractivity contribution >= 4 is 17.4 Å². The SMILES string of the molecule is CCCC(CCC)CCC(=O)c1ccc2c(c1)CCN(Cc1ccccc1)CC2.CCc1cccc(Cl)c1. The van der Waals surface area contributed by atoms with Gasteiger partial charge in [-0.3, -0.25) is 9.69 Å². The number of nitrogens with zero attached hydrogens (tertiary/aromatic N) is 1. The van der Waals surface area contributed by atoms with Gasteiger partial charge < -0.3 is 0 Å². The van der Waals surface area contributed by atoms with E-state index in [1.54, 1.807) is 0 Å². The highest BCUT2D eigenvalue weighted by Gasteiger charge is 2.17. The standard InChI is InChI=1S/C27H37NO.C8H9Cl/c1-3-8-22(9-4-2)12-15-27(29)26-14-13-24-16-18-28(19-17-25(24)20-26)21-23-10-6-5-7-11-23;1-2-7-4-3-5-8(9)6-7/h5-7,10-11,13-14,20,22H,3-4,8-9,12,15-19,21H2,1-2H3;3-6H,2H2,1H3. The first kappa shape index (κ1) is 30.1. The van der Waals surface area contributed by atoms with E-state index < -0.39 is 0 Å². The van der Waals surface area contributed by atoms with Crippen molar-refractivity contribution in [3.8, 4) is 0 Å². The van der Waals surface area contributed by atoms with Crippen LogP contribution in [0.1, 0.15) is 91.9 Å². The van der Waals surface area contributed by atoms with Crippen LogP contribution in [0.25, 0.3) is 0 Å². The van der Waals surface area contributed by atoms with Gasteiger partial charge in [-0.05, 0) is 72.1 Å². The third-order valence-corrected chi connectivity index (χ3v) is 7.88. The van der Waals surface area contributed by atoms with Gasteiger partial charge in [0, 0.05) is 36.6 Å². The van der Waals surface area contributed by atoms with Crippen LogP contribution in [0.5, 0.6) is 0 Å². The normalized spacial score (nSPS) is 13.4. The van der Waals surface area contributed by atoms with Crippen LogP contribution in [0.4, 0.5) is 0 Å². The highest BCUT2D eigenvalue weighted by molar-refractivity contribution is 6.30. The lowest BCUT2D eigenvalue weighted by Crippen LogP contribution is -2.25. The lowest BCUT2D eigenvalue weighted by molar-refractivity contribution is 0.0972. The molecule has 0 amide bonds. The Bertz CT molecular complexity index is 1100. The average Bonchev–Trinajstić information content (AvgIpc) is 3.14. The Labute approximate surface area is 236 Å². The first-order valence-electron chi connectivity index (χ1n) is 14.7. The van der Waals surface area contributed by atoms with Crippen molar-refractivity contribution in [3.63, 3.8) is 0 Å². The number of halogens is 1. The van der Waals surface area contributed by atoms with Crippen LogP contribution in [-0.4, -0.2) is 23.8 Å². The first-order valence-corrected chi connectivity index (χ1v) is 15.1. The van der Waals surface area contributed by atoms with E-state index in [9.17, 15) is 4.79 Å². The molecule has 4 rings (SSSR count). The number of carbonyl (C=O) groups excluding carboxylic acids is 1. The number of rotatable bonds is 11. The van der Waals surface area contributed by atoms with Gasteiger partial charge in [0.05, 0.1) is 0 Å². The highest BCUT2D eigenvalue weighted by Crippen LogP contribution is 2.23. The zero-order chi connectivity index (χ0) is 27.2. The molecule has 2 nitrogen and oxygen atoms in total. The predicted molar refractivity (Wildman–Crippen MR) is 163 cm³/mol. The van der Waals surface area contributed by atoms with E-state index in [1.807, 2.05) is 18.2 Å². The summed E-state index contributed by atoms with van der Waals surface area (Å²) in [4.78, 5) is 15.4. The van der Waals surface area contributed by atoms with Crippen molar-refractivity contribution in [2.24, 2.45) is 5.92 Å². The molecule has 3 aromatic rings. The minimum absolute atomic E-state index is 0.329. The highest BCUT2D eigenvalue weighted by atomic mass is 35.5. The first-order chi connectivity index (χ1) is 18.5. The molecule has 0 aliphatic carbocycles. The minimum Gasteiger partial charge on any atom is -0.298 e. The molecule has 38 heavy (non-hydrogen) atoms. The number of benzene rings is 3. The van der Waals surface area contributed by atoms with E-state index in [-0.39, 0.29) is 0 Å². The van der Waals surface area contributed by atoms with Crippen molar-refractivity contribution in [1.82, 2.24) is 4.90 Å². The minimum atomic E-state index is 0.329. The van der Waals surface area contributed by atoms with Gasteiger partial charge in [-0.25, -0.2) is 0 Å². The Balaban J connectivity index is 0.000000375. The fourth-order valence-electron chi connectivity index (χ4n) is 5.43. The van der Waals surface area contributed by atoms with Gasteiger partial charge in [0.25, 0.3) is 0 Å². The van der Waals surface area contributed by atoms with Gasteiger partial charge in [-0.15, -0.1) is 0 Å². The zero-order valence-electron chi connectivity index (χ0n) is 23.7. The molecule has 0 spiro atoms. The molecular formula is C35H46ClNO. The van der Waals surface area contributed by atoms with Crippen LogP contribution in [0.15, 0.2) is 72.8 Å². The fourth-order valence-corrected chi connectivity index (χ4v) is 5.64. The van der Waals surface area contributed by atoms with E-state index >= 15 is 0 Å². The molecule has 1 heterocycles. The van der Waals surface area contributed by atoms with Gasteiger partial charge in [-0.1, -0.05) is 113 Å². The molecule has 1 aliphatic heterocycles. The molecule has 0 bridgehead atoms. The quantitative estimate of drug-likeness (QED) is 0.230. The van der Waals surface area contributed by atoms with E-state index in [0.717, 1.165) is 55.9 Å². The van der Waals surface area contributed by atoms with E-state index in [0.29, 0.717) is 18.1 Å². The number of hydrogen-bond donors (Lipinski definition) is 0. The maximum Gasteiger partial charge on any atom is 0.162 e. The third-order valence-electron chi connectivity index (χ3n) is 7.64. The molecule has 0 N–H and O–H groups in total. The van der Waals surface area contributed by atoms with Crippen molar-refractivity contribution < 1.29 is 4.79 Å².